The standard InChI is InChI=1S/C27H53N7O14/c28-1-2-34(42)15(37)4-9-3-11(31)22(46-25-16(32)12(36)5-10(6-29)43-25)24(18(9)38)48-27-21(41)23(14(8-35)45-27)47-26-17(33)20(40)19(39)13(7-30)44-26/h9-14,16-27,35-36,38-42H,1-8,28-33H2/t9-,10-,11-,12-,13-,14+,16+,17+,18-,19+,20+,21+,22+,23+,24+,25+,26+,27-/m0/s1. The first kappa shape index (κ1) is 39.5. The summed E-state index contributed by atoms with van der Waals surface area (Å²) in [5.41, 5.74) is 35.5. The number of hydrogen-bond acceptors (Lipinski definition) is 20. The molecule has 1 amide bonds. The van der Waals surface area contributed by atoms with Gasteiger partial charge in [0.2, 0.25) is 5.91 Å². The van der Waals surface area contributed by atoms with Crippen LogP contribution in [0.15, 0.2) is 0 Å². The van der Waals surface area contributed by atoms with Crippen LogP contribution >= 0.6 is 0 Å². The lowest BCUT2D eigenvalue weighted by molar-refractivity contribution is -0.298. The van der Waals surface area contributed by atoms with Gasteiger partial charge in [0.15, 0.2) is 18.9 Å². The van der Waals surface area contributed by atoms with Crippen molar-refractivity contribution in [3.8, 4) is 0 Å². The second-order valence-electron chi connectivity index (χ2n) is 12.8. The van der Waals surface area contributed by atoms with Crippen LogP contribution in [-0.2, 0) is 33.2 Å². The molecule has 19 N–H and O–H groups in total. The van der Waals surface area contributed by atoms with Crippen molar-refractivity contribution in [3.05, 3.63) is 0 Å². The highest BCUT2D eigenvalue weighted by molar-refractivity contribution is 5.75. The van der Waals surface area contributed by atoms with Gasteiger partial charge in [0, 0.05) is 38.5 Å². The maximum absolute atomic E-state index is 12.7. The lowest BCUT2D eigenvalue weighted by atomic mass is 9.77. The van der Waals surface area contributed by atoms with Gasteiger partial charge in [0.1, 0.15) is 48.8 Å². The maximum atomic E-state index is 12.7. The van der Waals surface area contributed by atoms with E-state index in [0.29, 0.717) is 5.06 Å². The number of carbonyl (C=O) groups excluding carboxylic acids is 1. The summed E-state index contributed by atoms with van der Waals surface area (Å²) < 4.78 is 35.3. The van der Waals surface area contributed by atoms with E-state index in [2.05, 4.69) is 0 Å². The summed E-state index contributed by atoms with van der Waals surface area (Å²) in [5.74, 6) is -1.62. The van der Waals surface area contributed by atoms with Crippen LogP contribution in [0.5, 0.6) is 0 Å². The van der Waals surface area contributed by atoms with Gasteiger partial charge < -0.3 is 93.5 Å². The van der Waals surface area contributed by atoms with E-state index in [9.17, 15) is 40.6 Å². The van der Waals surface area contributed by atoms with Gasteiger partial charge in [0.05, 0.1) is 43.5 Å². The van der Waals surface area contributed by atoms with Crippen molar-refractivity contribution in [1.29, 1.82) is 0 Å². The number of nitrogens with two attached hydrogens (primary N) is 6. The lowest BCUT2D eigenvalue weighted by Crippen LogP contribution is -2.64. The van der Waals surface area contributed by atoms with E-state index < -0.39 is 123 Å². The number of nitrogens with zero attached hydrogens (tertiary/aromatic N) is 1. The van der Waals surface area contributed by atoms with Crippen LogP contribution in [-0.4, -0.2) is 184 Å². The molecule has 0 aromatic carbocycles. The Labute approximate surface area is 276 Å². The van der Waals surface area contributed by atoms with Gasteiger partial charge in [-0.05, 0) is 12.3 Å². The van der Waals surface area contributed by atoms with Gasteiger partial charge in [-0.25, -0.2) is 5.06 Å². The van der Waals surface area contributed by atoms with E-state index >= 15 is 0 Å². The van der Waals surface area contributed by atoms with E-state index in [1.54, 1.807) is 0 Å². The third-order valence-electron chi connectivity index (χ3n) is 9.38. The molecule has 0 aromatic rings. The van der Waals surface area contributed by atoms with Gasteiger partial charge in [-0.2, -0.15) is 0 Å². The van der Waals surface area contributed by atoms with Crippen LogP contribution in [0.25, 0.3) is 0 Å². The second kappa shape index (κ2) is 17.3. The van der Waals surface area contributed by atoms with E-state index in [1.807, 2.05) is 0 Å². The molecule has 0 spiro atoms. The predicted molar refractivity (Wildman–Crippen MR) is 160 cm³/mol. The molecular formula is C27H53N7O14. The molecule has 0 unspecified atom stereocenters. The van der Waals surface area contributed by atoms with Crippen molar-refractivity contribution in [2.24, 2.45) is 40.3 Å². The topological polar surface area (TPSA) is 373 Å². The Kier molecular flexibility index (Phi) is 14.2. The molecule has 0 bridgehead atoms. The molecule has 0 aromatic heterocycles. The molecule has 3 saturated heterocycles. The number of aliphatic hydroxyl groups is 6. The molecule has 4 fully saturated rings. The van der Waals surface area contributed by atoms with Crippen molar-refractivity contribution < 1.29 is 69.1 Å². The molecule has 3 aliphatic heterocycles. The van der Waals surface area contributed by atoms with Gasteiger partial charge in [-0.15, -0.1) is 0 Å². The average molecular weight is 700 g/mol. The SMILES string of the molecule is NCCN(O)C(=O)C[C@@H]1C[C@H](N)[C@@H](O[C@H]2O[C@H](CN)C[C@H](O)[C@H]2N)[C@H](O[C@@H]2O[C@H](CO)[C@@H](O[C@H]3O[C@@H](CN)[C@@H](O)[C@H](O)[C@H]3N)[C@H]2O)[C@H]1O. The molecule has 1 saturated carbocycles. The van der Waals surface area contributed by atoms with Crippen LogP contribution in [0.3, 0.4) is 0 Å². The fourth-order valence-electron chi connectivity index (χ4n) is 6.53. The van der Waals surface area contributed by atoms with Crippen LogP contribution in [0.2, 0.25) is 0 Å². The smallest absolute Gasteiger partial charge is 0.246 e. The Morgan fingerprint density at radius 1 is 0.729 bits per heavy atom. The average Bonchev–Trinajstić information content (AvgIpc) is 3.36. The number of amides is 1. The number of ether oxygens (including phenoxy) is 6. The Hall–Kier alpha value is -1.29. The van der Waals surface area contributed by atoms with Crippen molar-refractivity contribution in [2.45, 2.75) is 123 Å². The molecule has 18 atom stereocenters. The zero-order chi connectivity index (χ0) is 35.4. The van der Waals surface area contributed by atoms with Gasteiger partial charge >= 0.3 is 0 Å². The number of hydrogen-bond donors (Lipinski definition) is 13. The summed E-state index contributed by atoms with van der Waals surface area (Å²) in [5, 5.41) is 74.5. The second-order valence-corrected chi connectivity index (χ2v) is 12.8. The van der Waals surface area contributed by atoms with E-state index in [1.165, 1.54) is 0 Å². The quantitative estimate of drug-likeness (QED) is 0.0626. The first-order chi connectivity index (χ1) is 22.8. The molecule has 4 aliphatic rings. The molecule has 21 heteroatoms. The Balaban J connectivity index is 1.56. The van der Waals surface area contributed by atoms with E-state index in [-0.39, 0.29) is 45.4 Å². The van der Waals surface area contributed by atoms with Crippen molar-refractivity contribution in [1.82, 2.24) is 5.06 Å². The summed E-state index contributed by atoms with van der Waals surface area (Å²) in [4.78, 5) is 12.7. The normalized spacial score (nSPS) is 46.9. The molecule has 280 valence electrons. The fourth-order valence-corrected chi connectivity index (χ4v) is 6.53. The molecule has 4 rings (SSSR count). The van der Waals surface area contributed by atoms with Crippen molar-refractivity contribution in [3.63, 3.8) is 0 Å². The number of rotatable bonds is 13. The Bertz CT molecular complexity index is 1030. The summed E-state index contributed by atoms with van der Waals surface area (Å²) in [6.07, 6.45) is -18.5. The third-order valence-corrected chi connectivity index (χ3v) is 9.38. The Morgan fingerprint density at radius 2 is 1.35 bits per heavy atom. The molecule has 48 heavy (non-hydrogen) atoms. The van der Waals surface area contributed by atoms with Crippen molar-refractivity contribution >= 4 is 5.91 Å². The minimum Gasteiger partial charge on any atom is -0.394 e. The first-order valence-corrected chi connectivity index (χ1v) is 16.1. The summed E-state index contributed by atoms with van der Waals surface area (Å²) in [6, 6.07) is -3.26. The molecule has 21 nitrogen and oxygen atoms in total. The zero-order valence-electron chi connectivity index (χ0n) is 26.4. The maximum Gasteiger partial charge on any atom is 0.246 e. The first-order valence-electron chi connectivity index (χ1n) is 16.1. The highest BCUT2D eigenvalue weighted by Gasteiger charge is 2.54. The van der Waals surface area contributed by atoms with Crippen LogP contribution in [0.1, 0.15) is 19.3 Å². The van der Waals surface area contributed by atoms with E-state index in [4.69, 9.17) is 62.8 Å². The predicted octanol–water partition coefficient (Wildman–Crippen LogP) is -8.01. The number of aliphatic hydroxyl groups excluding tert-OH is 6. The van der Waals surface area contributed by atoms with Gasteiger partial charge in [-0.1, -0.05) is 0 Å². The van der Waals surface area contributed by atoms with Crippen molar-refractivity contribution in [2.75, 3.05) is 32.8 Å². The minimum atomic E-state index is -1.67. The fraction of sp³-hybridized carbons (Fsp3) is 0.963. The summed E-state index contributed by atoms with van der Waals surface area (Å²) >= 11 is 0. The highest BCUT2D eigenvalue weighted by atomic mass is 16.8. The largest absolute Gasteiger partial charge is 0.394 e. The van der Waals surface area contributed by atoms with Gasteiger partial charge in [-0.3, -0.25) is 10.0 Å². The van der Waals surface area contributed by atoms with E-state index in [0.717, 1.165) is 0 Å². The summed E-state index contributed by atoms with van der Waals surface area (Å²) in [6.45, 7) is -0.982. The van der Waals surface area contributed by atoms with Crippen LogP contribution in [0, 0.1) is 5.92 Å². The minimum absolute atomic E-state index is 0.00516. The zero-order valence-corrected chi connectivity index (χ0v) is 26.4. The monoisotopic (exact) mass is 699 g/mol. The number of carbonyl (C=O) groups is 1. The summed E-state index contributed by atoms with van der Waals surface area (Å²) in [7, 11) is 0. The number of hydroxylamine groups is 2. The van der Waals surface area contributed by atoms with Crippen LogP contribution in [0.4, 0.5) is 0 Å². The Morgan fingerprint density at radius 3 is 1.98 bits per heavy atom. The highest BCUT2D eigenvalue weighted by Crippen LogP contribution is 2.37. The van der Waals surface area contributed by atoms with Gasteiger partial charge in [0.25, 0.3) is 0 Å². The lowest BCUT2D eigenvalue weighted by Gasteiger charge is -2.47. The molecule has 1 aliphatic carbocycles. The molecule has 3 heterocycles. The third kappa shape index (κ3) is 8.59. The van der Waals surface area contributed by atoms with Crippen LogP contribution < -0.4 is 34.4 Å². The molecular weight excluding hydrogens is 646 g/mol. The molecule has 0 radical (unpaired) electrons.